The summed E-state index contributed by atoms with van der Waals surface area (Å²) < 4.78 is 19.8. The number of carbonyl (C=O) groups is 1. The lowest BCUT2D eigenvalue weighted by Crippen LogP contribution is -2.01. The third kappa shape index (κ3) is 3.35. The van der Waals surface area contributed by atoms with Crippen LogP contribution in [-0.4, -0.2) is 6.29 Å². The van der Waals surface area contributed by atoms with Crippen LogP contribution < -0.4 is 4.74 Å². The van der Waals surface area contributed by atoms with Crippen LogP contribution in [0.5, 0.6) is 5.75 Å². The van der Waals surface area contributed by atoms with Crippen molar-refractivity contribution in [3.8, 4) is 16.9 Å². The predicted octanol–water partition coefficient (Wildman–Crippen LogP) is 5.19. The first kappa shape index (κ1) is 15.9. The van der Waals surface area contributed by atoms with Gasteiger partial charge in [0.15, 0.2) is 6.29 Å². The van der Waals surface area contributed by atoms with E-state index in [1.54, 1.807) is 24.3 Å². The number of aldehydes is 1. The molecule has 2 nitrogen and oxygen atoms in total. The number of rotatable bonds is 5. The summed E-state index contributed by atoms with van der Waals surface area (Å²) in [4.78, 5) is 11.5. The van der Waals surface area contributed by atoms with Crippen molar-refractivity contribution in [3.63, 3.8) is 0 Å². The maximum Gasteiger partial charge on any atom is 0.153 e. The van der Waals surface area contributed by atoms with Crippen LogP contribution in [0.4, 0.5) is 4.39 Å². The van der Waals surface area contributed by atoms with E-state index in [4.69, 9.17) is 4.74 Å². The Morgan fingerprint density at radius 3 is 2.42 bits per heavy atom. The molecule has 0 aromatic heterocycles. The van der Waals surface area contributed by atoms with Gasteiger partial charge in [-0.3, -0.25) is 4.79 Å². The van der Waals surface area contributed by atoms with Crippen LogP contribution >= 0.6 is 0 Å². The molecule has 0 spiro atoms. The average Bonchev–Trinajstić information content (AvgIpc) is 2.61. The van der Waals surface area contributed by atoms with E-state index >= 15 is 0 Å². The van der Waals surface area contributed by atoms with Gasteiger partial charge < -0.3 is 4.74 Å². The predicted molar refractivity (Wildman–Crippen MR) is 92.7 cm³/mol. The Kier molecular flexibility index (Phi) is 4.71. The highest BCUT2D eigenvalue weighted by Crippen LogP contribution is 2.31. The molecule has 3 aromatic carbocycles. The summed E-state index contributed by atoms with van der Waals surface area (Å²) >= 11 is 0. The number of hydrogen-bond acceptors (Lipinski definition) is 2. The highest BCUT2D eigenvalue weighted by atomic mass is 19.1. The molecule has 0 N–H and O–H groups in total. The minimum Gasteiger partial charge on any atom is -0.488 e. The van der Waals surface area contributed by atoms with Crippen LogP contribution in [0.3, 0.4) is 0 Å². The second kappa shape index (κ2) is 7.09. The standard InChI is InChI=1S/C21H17FO2/c1-15-11-17(19-9-5-6-10-20(19)22)12-18(13-23)21(15)24-14-16-7-3-2-4-8-16/h2-13H,14H2,1H3. The van der Waals surface area contributed by atoms with Gasteiger partial charge in [0.05, 0.1) is 5.56 Å². The Bertz CT molecular complexity index is 857. The lowest BCUT2D eigenvalue weighted by atomic mass is 9.99. The van der Waals surface area contributed by atoms with Crippen molar-refractivity contribution in [2.45, 2.75) is 13.5 Å². The van der Waals surface area contributed by atoms with E-state index in [1.165, 1.54) is 6.07 Å². The van der Waals surface area contributed by atoms with Crippen LogP contribution in [0.1, 0.15) is 21.5 Å². The number of hydrogen-bond donors (Lipinski definition) is 0. The molecule has 0 bridgehead atoms. The zero-order chi connectivity index (χ0) is 16.9. The lowest BCUT2D eigenvalue weighted by molar-refractivity contribution is 0.111. The number of carbonyl (C=O) groups excluding carboxylic acids is 1. The summed E-state index contributed by atoms with van der Waals surface area (Å²) in [5.74, 6) is 0.223. The molecule has 0 fully saturated rings. The quantitative estimate of drug-likeness (QED) is 0.605. The van der Waals surface area contributed by atoms with Crippen LogP contribution in [0.25, 0.3) is 11.1 Å². The summed E-state index contributed by atoms with van der Waals surface area (Å²) in [6.07, 6.45) is 0.748. The molecule has 0 atom stereocenters. The maximum atomic E-state index is 14.0. The van der Waals surface area contributed by atoms with Gasteiger partial charge in [0.1, 0.15) is 18.2 Å². The highest BCUT2D eigenvalue weighted by molar-refractivity contribution is 5.84. The molecule has 24 heavy (non-hydrogen) atoms. The topological polar surface area (TPSA) is 26.3 Å². The van der Waals surface area contributed by atoms with Gasteiger partial charge >= 0.3 is 0 Å². The molecule has 0 aliphatic rings. The molecule has 3 rings (SSSR count). The van der Waals surface area contributed by atoms with Crippen molar-refractivity contribution >= 4 is 6.29 Å². The highest BCUT2D eigenvalue weighted by Gasteiger charge is 2.12. The average molecular weight is 320 g/mol. The molecule has 0 saturated heterocycles. The fourth-order valence-electron chi connectivity index (χ4n) is 2.67. The molecule has 120 valence electrons. The number of halogens is 1. The second-order valence-electron chi connectivity index (χ2n) is 5.58. The first-order chi connectivity index (χ1) is 11.7. The summed E-state index contributed by atoms with van der Waals surface area (Å²) in [5, 5.41) is 0. The van der Waals surface area contributed by atoms with Gasteiger partial charge in [0.25, 0.3) is 0 Å². The van der Waals surface area contributed by atoms with Crippen molar-refractivity contribution in [3.05, 3.63) is 89.2 Å². The first-order valence-electron chi connectivity index (χ1n) is 7.70. The molecule has 0 aliphatic heterocycles. The number of benzene rings is 3. The molecule has 0 heterocycles. The van der Waals surface area contributed by atoms with Gasteiger partial charge in [-0.05, 0) is 41.8 Å². The molecule has 0 saturated carbocycles. The zero-order valence-electron chi connectivity index (χ0n) is 13.3. The van der Waals surface area contributed by atoms with E-state index in [0.717, 1.165) is 17.4 Å². The minimum atomic E-state index is -0.313. The summed E-state index contributed by atoms with van der Waals surface area (Å²) in [5.41, 5.74) is 3.38. The number of ether oxygens (including phenoxy) is 1. The first-order valence-corrected chi connectivity index (χ1v) is 7.70. The van der Waals surface area contributed by atoms with Crippen molar-refractivity contribution in [1.29, 1.82) is 0 Å². The van der Waals surface area contributed by atoms with Crippen molar-refractivity contribution in [2.75, 3.05) is 0 Å². The van der Waals surface area contributed by atoms with E-state index in [1.807, 2.05) is 43.3 Å². The summed E-state index contributed by atoms with van der Waals surface area (Å²) in [6.45, 7) is 2.24. The van der Waals surface area contributed by atoms with Crippen LogP contribution in [0.2, 0.25) is 0 Å². The zero-order valence-corrected chi connectivity index (χ0v) is 13.3. The molecular weight excluding hydrogens is 303 g/mol. The van der Waals surface area contributed by atoms with Crippen molar-refractivity contribution in [2.24, 2.45) is 0 Å². The molecule has 0 radical (unpaired) electrons. The Balaban J connectivity index is 1.94. The smallest absolute Gasteiger partial charge is 0.153 e. The SMILES string of the molecule is Cc1cc(-c2ccccc2F)cc(C=O)c1OCc1ccccc1. The monoisotopic (exact) mass is 320 g/mol. The van der Waals surface area contributed by atoms with Crippen LogP contribution in [0.15, 0.2) is 66.7 Å². The van der Waals surface area contributed by atoms with Gasteiger partial charge in [-0.15, -0.1) is 0 Å². The Labute approximate surface area is 140 Å². The van der Waals surface area contributed by atoms with Crippen molar-refractivity contribution in [1.82, 2.24) is 0 Å². The minimum absolute atomic E-state index is 0.313. The van der Waals surface area contributed by atoms with Crippen molar-refractivity contribution < 1.29 is 13.9 Å². The Morgan fingerprint density at radius 1 is 1.00 bits per heavy atom. The van der Waals surface area contributed by atoms with E-state index in [-0.39, 0.29) is 5.82 Å². The van der Waals surface area contributed by atoms with Gasteiger partial charge in [-0.2, -0.15) is 0 Å². The fraction of sp³-hybridized carbons (Fsp3) is 0.0952. The lowest BCUT2D eigenvalue weighted by Gasteiger charge is -2.14. The van der Waals surface area contributed by atoms with Gasteiger partial charge in [0.2, 0.25) is 0 Å². The maximum absolute atomic E-state index is 14.0. The molecule has 3 heteroatoms. The molecule has 0 amide bonds. The van der Waals surface area contributed by atoms with E-state index in [2.05, 4.69) is 0 Å². The normalized spacial score (nSPS) is 10.4. The summed E-state index contributed by atoms with van der Waals surface area (Å²) in [7, 11) is 0. The molecule has 0 unspecified atom stereocenters. The van der Waals surface area contributed by atoms with E-state index in [9.17, 15) is 9.18 Å². The third-order valence-electron chi connectivity index (χ3n) is 3.84. The Hall–Kier alpha value is -2.94. The summed E-state index contributed by atoms with van der Waals surface area (Å²) in [6, 6.07) is 19.8. The third-order valence-corrected chi connectivity index (χ3v) is 3.84. The van der Waals surface area contributed by atoms with Crippen LogP contribution in [0, 0.1) is 12.7 Å². The molecule has 0 aliphatic carbocycles. The van der Waals surface area contributed by atoms with Gasteiger partial charge in [0, 0.05) is 5.56 Å². The van der Waals surface area contributed by atoms with Gasteiger partial charge in [-0.25, -0.2) is 4.39 Å². The van der Waals surface area contributed by atoms with E-state index in [0.29, 0.717) is 29.0 Å². The van der Waals surface area contributed by atoms with Gasteiger partial charge in [-0.1, -0.05) is 48.5 Å². The molecular formula is C21H17FO2. The number of aryl methyl sites for hydroxylation is 1. The largest absolute Gasteiger partial charge is 0.488 e. The fourth-order valence-corrected chi connectivity index (χ4v) is 2.67. The second-order valence-corrected chi connectivity index (χ2v) is 5.58. The Morgan fingerprint density at radius 2 is 1.71 bits per heavy atom. The van der Waals surface area contributed by atoms with E-state index < -0.39 is 0 Å². The van der Waals surface area contributed by atoms with Crippen LogP contribution in [-0.2, 0) is 6.61 Å². The molecule has 3 aromatic rings.